The molecule has 0 unspecified atom stereocenters. The van der Waals surface area contributed by atoms with Gasteiger partial charge in [-0.15, -0.1) is 0 Å². The van der Waals surface area contributed by atoms with Crippen molar-refractivity contribution >= 4 is 18.0 Å². The third kappa shape index (κ3) is 3.64. The summed E-state index contributed by atoms with van der Waals surface area (Å²) in [5.74, 6) is 0.342. The zero-order valence-electron chi connectivity index (χ0n) is 15.5. The number of carbonyl (C=O) groups is 2. The number of rotatable bonds is 7. The van der Waals surface area contributed by atoms with Crippen LogP contribution in [0.4, 0.5) is 0 Å². The minimum absolute atomic E-state index is 0.226. The molecule has 0 saturated heterocycles. The molecule has 2 rings (SSSR count). The van der Waals surface area contributed by atoms with Crippen LogP contribution in [0.5, 0.6) is 11.5 Å². The van der Waals surface area contributed by atoms with E-state index in [2.05, 4.69) is 6.58 Å². The second kappa shape index (κ2) is 8.38. The van der Waals surface area contributed by atoms with Crippen LogP contribution < -0.4 is 9.47 Å². The van der Waals surface area contributed by atoms with Gasteiger partial charge in [0.1, 0.15) is 6.61 Å². The molecule has 1 aliphatic rings. The van der Waals surface area contributed by atoms with Crippen LogP contribution in [0.25, 0.3) is 6.08 Å². The smallest absolute Gasteiger partial charge is 0.340 e. The van der Waals surface area contributed by atoms with E-state index in [-0.39, 0.29) is 11.5 Å². The number of carbonyl (C=O) groups excluding carboxylic acids is 2. The van der Waals surface area contributed by atoms with Gasteiger partial charge in [0.15, 0.2) is 11.5 Å². The Bertz CT molecular complexity index is 791. The topological polar surface area (TPSA) is 65.1 Å². The molecule has 0 saturated carbocycles. The van der Waals surface area contributed by atoms with Crippen molar-refractivity contribution in [2.75, 3.05) is 27.4 Å². The van der Waals surface area contributed by atoms with E-state index in [1.807, 2.05) is 6.92 Å². The Hall–Kier alpha value is -3.02. The van der Waals surface area contributed by atoms with Crippen LogP contribution in [-0.2, 0) is 14.3 Å². The highest BCUT2D eigenvalue weighted by Crippen LogP contribution is 2.33. The summed E-state index contributed by atoms with van der Waals surface area (Å²) in [6.45, 7) is 8.04. The average Bonchev–Trinajstić information content (AvgIpc) is 2.89. The van der Waals surface area contributed by atoms with Crippen molar-refractivity contribution in [1.29, 1.82) is 0 Å². The van der Waals surface area contributed by atoms with Crippen LogP contribution in [0.2, 0.25) is 0 Å². The molecule has 0 fully saturated rings. The molecule has 0 aromatic heterocycles. The van der Waals surface area contributed by atoms with Gasteiger partial charge >= 0.3 is 5.97 Å². The lowest BCUT2D eigenvalue weighted by Crippen LogP contribution is -2.24. The zero-order valence-corrected chi connectivity index (χ0v) is 15.5. The van der Waals surface area contributed by atoms with Crippen molar-refractivity contribution in [3.63, 3.8) is 0 Å². The molecule has 6 heteroatoms. The van der Waals surface area contributed by atoms with E-state index < -0.39 is 5.97 Å². The van der Waals surface area contributed by atoms with Crippen LogP contribution in [0.1, 0.15) is 19.4 Å². The van der Waals surface area contributed by atoms with Gasteiger partial charge in [-0.05, 0) is 37.6 Å². The molecule has 1 amide bonds. The largest absolute Gasteiger partial charge is 0.493 e. The van der Waals surface area contributed by atoms with Gasteiger partial charge < -0.3 is 19.1 Å². The van der Waals surface area contributed by atoms with Gasteiger partial charge in [-0.25, -0.2) is 4.79 Å². The molecule has 1 aliphatic heterocycles. The lowest BCUT2D eigenvalue weighted by Gasteiger charge is -2.14. The summed E-state index contributed by atoms with van der Waals surface area (Å²) in [5, 5.41) is 0. The van der Waals surface area contributed by atoms with E-state index >= 15 is 0 Å². The van der Waals surface area contributed by atoms with Crippen LogP contribution in [0.3, 0.4) is 0 Å². The first kappa shape index (κ1) is 19.3. The lowest BCUT2D eigenvalue weighted by atomic mass is 10.0. The Labute approximate surface area is 153 Å². The number of allylic oxidation sites excluding steroid dienone is 1. The van der Waals surface area contributed by atoms with Crippen molar-refractivity contribution in [2.24, 2.45) is 0 Å². The lowest BCUT2D eigenvalue weighted by molar-refractivity contribution is -0.136. The number of methoxy groups -OCH3 is 2. The summed E-state index contributed by atoms with van der Waals surface area (Å²) in [5.41, 5.74) is 1.89. The van der Waals surface area contributed by atoms with Gasteiger partial charge in [-0.2, -0.15) is 0 Å². The highest BCUT2D eigenvalue weighted by Gasteiger charge is 2.36. The number of esters is 1. The molecule has 0 bridgehead atoms. The predicted molar refractivity (Wildman–Crippen MR) is 98.8 cm³/mol. The Morgan fingerprint density at radius 2 is 2.00 bits per heavy atom. The third-order valence-electron chi connectivity index (χ3n) is 4.07. The molecule has 1 aromatic rings. The summed E-state index contributed by atoms with van der Waals surface area (Å²) >= 11 is 0. The van der Waals surface area contributed by atoms with E-state index in [0.717, 1.165) is 0 Å². The van der Waals surface area contributed by atoms with Gasteiger partial charge in [0.25, 0.3) is 5.91 Å². The van der Waals surface area contributed by atoms with E-state index in [9.17, 15) is 9.59 Å². The summed E-state index contributed by atoms with van der Waals surface area (Å²) in [6.07, 6.45) is 3.30. The van der Waals surface area contributed by atoms with Crippen LogP contribution in [0, 0.1) is 0 Å². The van der Waals surface area contributed by atoms with Gasteiger partial charge in [-0.3, -0.25) is 4.79 Å². The van der Waals surface area contributed by atoms with Crippen molar-refractivity contribution in [2.45, 2.75) is 13.8 Å². The summed E-state index contributed by atoms with van der Waals surface area (Å²) in [6, 6.07) is 5.29. The highest BCUT2D eigenvalue weighted by atomic mass is 16.5. The first-order valence-corrected chi connectivity index (χ1v) is 8.23. The molecule has 0 atom stereocenters. The Morgan fingerprint density at radius 3 is 2.58 bits per heavy atom. The standard InChI is InChI=1S/C20H23NO5/c1-6-10-26-16-9-8-14(12-17(16)24-4)11-15-18(20(23)25-5)13(3)21(7-2)19(15)22/h6,8-9,11-12H,1,7,10H2,2-5H3. The maximum atomic E-state index is 12.7. The van der Waals surface area contributed by atoms with Gasteiger partial charge in [0.2, 0.25) is 0 Å². The zero-order chi connectivity index (χ0) is 19.3. The number of benzene rings is 1. The second-order valence-electron chi connectivity index (χ2n) is 5.57. The van der Waals surface area contributed by atoms with E-state index in [1.54, 1.807) is 42.2 Å². The molecule has 0 radical (unpaired) electrons. The minimum atomic E-state index is -0.532. The molecule has 6 nitrogen and oxygen atoms in total. The normalized spacial score (nSPS) is 15.5. The molecular weight excluding hydrogens is 334 g/mol. The molecule has 138 valence electrons. The molecular formula is C20H23NO5. The Balaban J connectivity index is 2.48. The maximum Gasteiger partial charge on any atom is 0.340 e. The molecule has 1 aromatic carbocycles. The highest BCUT2D eigenvalue weighted by molar-refractivity contribution is 6.16. The fourth-order valence-corrected chi connectivity index (χ4v) is 2.82. The molecule has 26 heavy (non-hydrogen) atoms. The van der Waals surface area contributed by atoms with Crippen LogP contribution >= 0.6 is 0 Å². The van der Waals surface area contributed by atoms with Crippen molar-refractivity contribution in [3.8, 4) is 11.5 Å². The molecule has 0 aliphatic carbocycles. The third-order valence-corrected chi connectivity index (χ3v) is 4.07. The Kier molecular flexibility index (Phi) is 6.22. The minimum Gasteiger partial charge on any atom is -0.493 e. The monoisotopic (exact) mass is 357 g/mol. The van der Waals surface area contributed by atoms with Gasteiger partial charge in [0.05, 0.1) is 25.4 Å². The quantitative estimate of drug-likeness (QED) is 0.426. The molecule has 1 heterocycles. The van der Waals surface area contributed by atoms with Crippen molar-refractivity contribution in [1.82, 2.24) is 4.90 Å². The van der Waals surface area contributed by atoms with Gasteiger partial charge in [0, 0.05) is 12.2 Å². The number of amides is 1. The average molecular weight is 357 g/mol. The maximum absolute atomic E-state index is 12.7. The van der Waals surface area contributed by atoms with Gasteiger partial charge in [-0.1, -0.05) is 18.7 Å². The molecule has 0 N–H and O–H groups in total. The van der Waals surface area contributed by atoms with E-state index in [0.29, 0.717) is 41.5 Å². The first-order chi connectivity index (χ1) is 12.5. The van der Waals surface area contributed by atoms with Crippen LogP contribution in [-0.4, -0.2) is 44.1 Å². The number of hydrogen-bond donors (Lipinski definition) is 0. The van der Waals surface area contributed by atoms with E-state index in [1.165, 1.54) is 14.2 Å². The fraction of sp³-hybridized carbons (Fsp3) is 0.300. The Morgan fingerprint density at radius 1 is 1.27 bits per heavy atom. The fourth-order valence-electron chi connectivity index (χ4n) is 2.82. The number of nitrogens with zero attached hydrogens (tertiary/aromatic N) is 1. The molecule has 0 spiro atoms. The second-order valence-corrected chi connectivity index (χ2v) is 5.57. The summed E-state index contributed by atoms with van der Waals surface area (Å²) < 4.78 is 15.7. The first-order valence-electron chi connectivity index (χ1n) is 8.23. The van der Waals surface area contributed by atoms with Crippen molar-refractivity contribution < 1.29 is 23.8 Å². The number of likely N-dealkylation sites (N-methyl/N-ethyl adjacent to an activating group) is 1. The van der Waals surface area contributed by atoms with E-state index in [4.69, 9.17) is 14.2 Å². The van der Waals surface area contributed by atoms with Crippen molar-refractivity contribution in [3.05, 3.63) is 53.3 Å². The number of ether oxygens (including phenoxy) is 3. The predicted octanol–water partition coefficient (Wildman–Crippen LogP) is 2.95. The summed E-state index contributed by atoms with van der Waals surface area (Å²) in [7, 11) is 2.84. The van der Waals surface area contributed by atoms with Crippen LogP contribution in [0.15, 0.2) is 47.7 Å². The number of hydrogen-bond acceptors (Lipinski definition) is 5. The SMILES string of the molecule is C=CCOc1ccc(C=C2C(=O)N(CC)C(C)=C2C(=O)OC)cc1OC. The summed E-state index contributed by atoms with van der Waals surface area (Å²) in [4.78, 5) is 26.4.